The predicted octanol–water partition coefficient (Wildman–Crippen LogP) is 4.17. The molecular weight excluding hydrogens is 338 g/mol. The zero-order chi connectivity index (χ0) is 18.4. The van der Waals surface area contributed by atoms with Gasteiger partial charge in [-0.2, -0.15) is 0 Å². The van der Waals surface area contributed by atoms with E-state index in [9.17, 15) is 10.1 Å². The molecule has 2 fully saturated rings. The Morgan fingerprint density at radius 3 is 2.11 bits per heavy atom. The summed E-state index contributed by atoms with van der Waals surface area (Å²) in [6, 6.07) is 18.0. The summed E-state index contributed by atoms with van der Waals surface area (Å²) in [6.07, 6.45) is 7.01. The van der Waals surface area contributed by atoms with Gasteiger partial charge < -0.3 is 5.32 Å². The molecule has 27 heavy (non-hydrogen) atoms. The lowest BCUT2D eigenvalue weighted by Gasteiger charge is -2.43. The minimum atomic E-state index is -0.290. The number of hydrogen-bond acceptors (Lipinski definition) is 4. The van der Waals surface area contributed by atoms with E-state index in [1.54, 1.807) is 12.1 Å². The van der Waals surface area contributed by atoms with Crippen LogP contribution in [0.15, 0.2) is 48.5 Å². The fourth-order valence-corrected chi connectivity index (χ4v) is 5.65. The van der Waals surface area contributed by atoms with Crippen LogP contribution in [0, 0.1) is 10.1 Å². The molecular formula is C22H25N3O2. The third-order valence-corrected chi connectivity index (χ3v) is 6.70. The van der Waals surface area contributed by atoms with Crippen molar-refractivity contribution in [3.05, 3.63) is 69.8 Å². The highest BCUT2D eigenvalue weighted by Crippen LogP contribution is 2.41. The highest BCUT2D eigenvalue weighted by Gasteiger charge is 2.45. The van der Waals surface area contributed by atoms with E-state index in [0.29, 0.717) is 29.9 Å². The fraction of sp³-hybridized carbons (Fsp3) is 0.455. The summed E-state index contributed by atoms with van der Waals surface area (Å²) in [4.78, 5) is 13.8. The van der Waals surface area contributed by atoms with E-state index >= 15 is 0 Å². The highest BCUT2D eigenvalue weighted by atomic mass is 16.6. The number of hydrogen-bond donors (Lipinski definition) is 1. The van der Waals surface area contributed by atoms with Gasteiger partial charge in [0.05, 0.1) is 4.92 Å². The quantitative estimate of drug-likeness (QED) is 0.654. The van der Waals surface area contributed by atoms with Crippen molar-refractivity contribution < 1.29 is 4.92 Å². The Kier molecular flexibility index (Phi) is 4.12. The average molecular weight is 363 g/mol. The number of nitrogens with one attached hydrogen (secondary N) is 1. The van der Waals surface area contributed by atoms with Gasteiger partial charge in [0.2, 0.25) is 0 Å². The lowest BCUT2D eigenvalue weighted by molar-refractivity contribution is -0.384. The summed E-state index contributed by atoms with van der Waals surface area (Å²) < 4.78 is 0. The largest absolute Gasteiger partial charge is 0.377 e. The zero-order valence-corrected chi connectivity index (χ0v) is 15.4. The molecule has 2 aliphatic heterocycles. The molecule has 0 unspecified atom stereocenters. The molecule has 0 radical (unpaired) electrons. The van der Waals surface area contributed by atoms with Crippen molar-refractivity contribution in [3.63, 3.8) is 0 Å². The van der Waals surface area contributed by atoms with Crippen LogP contribution in [0.4, 0.5) is 11.4 Å². The van der Waals surface area contributed by atoms with E-state index in [1.807, 2.05) is 12.1 Å². The van der Waals surface area contributed by atoms with Crippen LogP contribution >= 0.6 is 0 Å². The number of nitrogens with zero attached hydrogens (tertiary/aromatic N) is 2. The first-order valence-corrected chi connectivity index (χ1v) is 10.0. The third kappa shape index (κ3) is 3.00. The average Bonchev–Trinajstić information content (AvgIpc) is 3.20. The van der Waals surface area contributed by atoms with E-state index in [4.69, 9.17) is 0 Å². The molecule has 2 bridgehead atoms. The summed E-state index contributed by atoms with van der Waals surface area (Å²) in [6.45, 7) is 0. The van der Waals surface area contributed by atoms with Gasteiger partial charge in [-0.15, -0.1) is 0 Å². The van der Waals surface area contributed by atoms with Crippen LogP contribution in [-0.4, -0.2) is 34.0 Å². The first kappa shape index (κ1) is 16.8. The molecule has 3 aliphatic rings. The number of para-hydroxylation sites is 2. The smallest absolute Gasteiger partial charge is 0.292 e. The molecule has 0 amide bonds. The van der Waals surface area contributed by atoms with E-state index in [-0.39, 0.29) is 10.6 Å². The Morgan fingerprint density at radius 2 is 1.48 bits per heavy atom. The second kappa shape index (κ2) is 6.64. The minimum Gasteiger partial charge on any atom is -0.377 e. The van der Waals surface area contributed by atoms with E-state index < -0.39 is 0 Å². The summed E-state index contributed by atoms with van der Waals surface area (Å²) in [5.41, 5.74) is 3.87. The Balaban J connectivity index is 1.29. The Hall–Kier alpha value is -2.40. The van der Waals surface area contributed by atoms with Gasteiger partial charge >= 0.3 is 0 Å². The molecule has 0 aromatic heterocycles. The molecule has 0 spiro atoms. The number of piperidine rings is 1. The van der Waals surface area contributed by atoms with Crippen molar-refractivity contribution >= 4 is 11.4 Å². The number of rotatable bonds is 4. The molecule has 3 atom stereocenters. The van der Waals surface area contributed by atoms with E-state index in [1.165, 1.54) is 36.8 Å². The van der Waals surface area contributed by atoms with Crippen molar-refractivity contribution in [1.82, 2.24) is 4.90 Å². The van der Waals surface area contributed by atoms with Crippen LogP contribution in [0.3, 0.4) is 0 Å². The van der Waals surface area contributed by atoms with Crippen LogP contribution < -0.4 is 5.32 Å². The summed E-state index contributed by atoms with van der Waals surface area (Å²) in [7, 11) is 0. The van der Waals surface area contributed by atoms with Crippen LogP contribution in [0.5, 0.6) is 0 Å². The second-order valence-electron chi connectivity index (χ2n) is 8.25. The summed E-state index contributed by atoms with van der Waals surface area (Å²) in [5.74, 6) is 0. The maximum Gasteiger partial charge on any atom is 0.292 e. The van der Waals surface area contributed by atoms with E-state index in [0.717, 1.165) is 12.8 Å². The highest BCUT2D eigenvalue weighted by molar-refractivity contribution is 5.61. The van der Waals surface area contributed by atoms with Crippen LogP contribution in [0.2, 0.25) is 0 Å². The monoisotopic (exact) mass is 363 g/mol. The van der Waals surface area contributed by atoms with Crippen LogP contribution in [0.1, 0.15) is 36.8 Å². The molecule has 2 heterocycles. The predicted molar refractivity (Wildman–Crippen MR) is 106 cm³/mol. The minimum absolute atomic E-state index is 0.179. The zero-order valence-electron chi connectivity index (χ0n) is 15.4. The molecule has 5 heteroatoms. The maximum absolute atomic E-state index is 11.3. The molecule has 5 rings (SSSR count). The Labute approximate surface area is 159 Å². The lowest BCUT2D eigenvalue weighted by Crippen LogP contribution is -2.52. The Bertz CT molecular complexity index is 829. The first-order chi connectivity index (χ1) is 13.2. The van der Waals surface area contributed by atoms with Crippen LogP contribution in [-0.2, 0) is 12.8 Å². The molecule has 2 aromatic rings. The van der Waals surface area contributed by atoms with Gasteiger partial charge in [0, 0.05) is 30.2 Å². The maximum atomic E-state index is 11.3. The number of nitro groups is 1. The van der Waals surface area contributed by atoms with Crippen molar-refractivity contribution in [2.75, 3.05) is 5.32 Å². The second-order valence-corrected chi connectivity index (χ2v) is 8.25. The standard InChI is InChI=1S/C22H25N3O2/c26-25(27)22-8-4-3-7-21(22)23-17-13-18-9-10-19(14-17)24(18)20-11-15-5-1-2-6-16(15)12-20/h1-8,17-20,23H,9-14H2/t17-,18+,19-. The van der Waals surface area contributed by atoms with Gasteiger partial charge in [-0.1, -0.05) is 36.4 Å². The molecule has 5 nitrogen and oxygen atoms in total. The van der Waals surface area contributed by atoms with Gasteiger partial charge in [-0.3, -0.25) is 15.0 Å². The normalized spacial score (nSPS) is 27.5. The number of benzene rings is 2. The van der Waals surface area contributed by atoms with Crippen molar-refractivity contribution in [3.8, 4) is 0 Å². The molecule has 2 saturated heterocycles. The summed E-state index contributed by atoms with van der Waals surface area (Å²) >= 11 is 0. The molecule has 1 aliphatic carbocycles. The third-order valence-electron chi connectivity index (χ3n) is 6.70. The summed E-state index contributed by atoms with van der Waals surface area (Å²) in [5, 5.41) is 14.8. The molecule has 2 aromatic carbocycles. The van der Waals surface area contributed by atoms with Crippen molar-refractivity contribution in [1.29, 1.82) is 0 Å². The van der Waals surface area contributed by atoms with Gasteiger partial charge in [-0.05, 0) is 55.7 Å². The number of nitro benzene ring substituents is 1. The van der Waals surface area contributed by atoms with Crippen molar-refractivity contribution in [2.45, 2.75) is 62.7 Å². The lowest BCUT2D eigenvalue weighted by atomic mass is 9.94. The number of anilines is 1. The van der Waals surface area contributed by atoms with E-state index in [2.05, 4.69) is 34.5 Å². The van der Waals surface area contributed by atoms with Gasteiger partial charge in [0.15, 0.2) is 0 Å². The number of fused-ring (bicyclic) bond motifs is 3. The fourth-order valence-electron chi connectivity index (χ4n) is 5.65. The molecule has 140 valence electrons. The Morgan fingerprint density at radius 1 is 0.889 bits per heavy atom. The van der Waals surface area contributed by atoms with Gasteiger partial charge in [0.1, 0.15) is 5.69 Å². The molecule has 0 saturated carbocycles. The van der Waals surface area contributed by atoms with Gasteiger partial charge in [0.25, 0.3) is 5.69 Å². The van der Waals surface area contributed by atoms with Crippen LogP contribution in [0.25, 0.3) is 0 Å². The molecule has 1 N–H and O–H groups in total. The SMILES string of the molecule is O=[N+]([O-])c1ccccc1N[C@H]1C[C@H]2CC[C@@H](C1)N2C1Cc2ccccc2C1. The van der Waals surface area contributed by atoms with Crippen molar-refractivity contribution in [2.24, 2.45) is 0 Å². The topological polar surface area (TPSA) is 58.4 Å². The van der Waals surface area contributed by atoms with Gasteiger partial charge in [-0.25, -0.2) is 0 Å². The first-order valence-electron chi connectivity index (χ1n) is 10.0.